The summed E-state index contributed by atoms with van der Waals surface area (Å²) in [5.74, 6) is 2.57. The molecule has 0 aromatic carbocycles. The molecule has 0 rings (SSSR count). The highest BCUT2D eigenvalue weighted by atomic mass is 28.1. The topological polar surface area (TPSA) is 0 Å². The van der Waals surface area contributed by atoms with Gasteiger partial charge in [0.1, 0.15) is 0 Å². The maximum absolute atomic E-state index is 4.25. The van der Waals surface area contributed by atoms with Crippen molar-refractivity contribution in [1.82, 2.24) is 0 Å². The molecule has 0 N–H and O–H groups in total. The van der Waals surface area contributed by atoms with Crippen molar-refractivity contribution in [3.05, 3.63) is 11.8 Å². The quantitative estimate of drug-likeness (QED) is 0.568. The minimum absolute atomic E-state index is 0.812. The molecule has 0 spiro atoms. The molecule has 0 heterocycles. The normalized spacial score (nSPS) is 11.9. The van der Waals surface area contributed by atoms with Gasteiger partial charge in [-0.05, 0) is 17.8 Å². The zero-order valence-electron chi connectivity index (χ0n) is 10.8. The maximum Gasteiger partial charge on any atom is 0.0329 e. The molecule has 1 heteroatoms. The van der Waals surface area contributed by atoms with Crippen molar-refractivity contribution in [3.8, 4) is 0 Å². The highest BCUT2D eigenvalue weighted by molar-refractivity contribution is 6.21. The molecule has 0 saturated heterocycles. The summed E-state index contributed by atoms with van der Waals surface area (Å²) in [6.45, 7) is 13.6. The zero-order valence-corrected chi connectivity index (χ0v) is 12.8. The standard InChI is InChI=1S/C13H28Si/c1-6-11(7-2)13(10(5)14)12(8-3)9-4/h11-13H,5-9H2,1-4,14H3. The third kappa shape index (κ3) is 3.60. The Bertz CT molecular complexity index is 143. The van der Waals surface area contributed by atoms with E-state index < -0.39 is 0 Å². The predicted molar refractivity (Wildman–Crippen MR) is 70.7 cm³/mol. The smallest absolute Gasteiger partial charge is 0.0329 e. The van der Waals surface area contributed by atoms with Crippen molar-refractivity contribution in [1.29, 1.82) is 0 Å². The molecule has 0 aliphatic rings. The van der Waals surface area contributed by atoms with Crippen LogP contribution < -0.4 is 0 Å². The Morgan fingerprint density at radius 2 is 1.21 bits per heavy atom. The van der Waals surface area contributed by atoms with Gasteiger partial charge in [-0.2, -0.15) is 0 Å². The van der Waals surface area contributed by atoms with Crippen LogP contribution in [0.4, 0.5) is 0 Å². The van der Waals surface area contributed by atoms with Crippen molar-refractivity contribution in [2.24, 2.45) is 17.8 Å². The molecule has 0 atom stereocenters. The van der Waals surface area contributed by atoms with E-state index in [1.807, 2.05) is 0 Å². The summed E-state index contributed by atoms with van der Waals surface area (Å²) >= 11 is 0. The number of hydrogen-bond acceptors (Lipinski definition) is 0. The van der Waals surface area contributed by atoms with Crippen LogP contribution in [0, 0.1) is 17.8 Å². The molecule has 0 unspecified atom stereocenters. The van der Waals surface area contributed by atoms with Gasteiger partial charge in [0.05, 0.1) is 0 Å². The molecule has 0 radical (unpaired) electrons. The highest BCUT2D eigenvalue weighted by Crippen LogP contribution is 2.34. The van der Waals surface area contributed by atoms with E-state index in [1.165, 1.54) is 41.1 Å². The average Bonchev–Trinajstić information content (AvgIpc) is 2.18. The average molecular weight is 212 g/mol. The Labute approximate surface area is 93.6 Å². The lowest BCUT2D eigenvalue weighted by molar-refractivity contribution is 0.248. The molecule has 84 valence electrons. The van der Waals surface area contributed by atoms with Gasteiger partial charge in [0.25, 0.3) is 0 Å². The van der Waals surface area contributed by atoms with Crippen LogP contribution in [0.1, 0.15) is 53.4 Å². The van der Waals surface area contributed by atoms with Crippen molar-refractivity contribution in [2.75, 3.05) is 0 Å². The molecule has 0 fully saturated rings. The molecule has 0 aliphatic heterocycles. The highest BCUT2D eigenvalue weighted by Gasteiger charge is 2.25. The summed E-state index contributed by atoms with van der Waals surface area (Å²) in [5.41, 5.74) is 0. The van der Waals surface area contributed by atoms with E-state index in [0.29, 0.717) is 0 Å². The van der Waals surface area contributed by atoms with Crippen LogP contribution in [0.15, 0.2) is 11.8 Å². The fourth-order valence-corrected chi connectivity index (χ4v) is 3.73. The lowest BCUT2D eigenvalue weighted by Gasteiger charge is -2.32. The molecular formula is C13H28Si. The maximum atomic E-state index is 4.25. The Kier molecular flexibility index (Phi) is 7.25. The molecule has 0 aromatic rings. The second kappa shape index (κ2) is 7.28. The third-order valence-corrected chi connectivity index (χ3v) is 4.35. The van der Waals surface area contributed by atoms with Gasteiger partial charge in [-0.1, -0.05) is 58.6 Å². The zero-order chi connectivity index (χ0) is 11.1. The van der Waals surface area contributed by atoms with Crippen LogP contribution in [0.25, 0.3) is 0 Å². The van der Waals surface area contributed by atoms with E-state index in [9.17, 15) is 0 Å². The van der Waals surface area contributed by atoms with Crippen molar-refractivity contribution in [2.45, 2.75) is 53.4 Å². The van der Waals surface area contributed by atoms with Crippen LogP contribution in [-0.4, -0.2) is 10.2 Å². The third-order valence-electron chi connectivity index (χ3n) is 3.68. The van der Waals surface area contributed by atoms with Crippen LogP contribution in [0.3, 0.4) is 0 Å². The molecule has 0 saturated carbocycles. The Morgan fingerprint density at radius 3 is 1.36 bits per heavy atom. The van der Waals surface area contributed by atoms with Crippen LogP contribution in [0.5, 0.6) is 0 Å². The van der Waals surface area contributed by atoms with E-state index >= 15 is 0 Å². The Hall–Kier alpha value is -0.0431. The molecule has 0 nitrogen and oxygen atoms in total. The van der Waals surface area contributed by atoms with E-state index in [0.717, 1.165) is 17.8 Å². The summed E-state index contributed by atoms with van der Waals surface area (Å²) < 4.78 is 0. The molecule has 0 aliphatic carbocycles. The van der Waals surface area contributed by atoms with E-state index in [-0.39, 0.29) is 0 Å². The molecule has 0 aromatic heterocycles. The first-order valence-electron chi connectivity index (χ1n) is 6.27. The van der Waals surface area contributed by atoms with E-state index in [4.69, 9.17) is 0 Å². The number of hydrogen-bond donors (Lipinski definition) is 0. The van der Waals surface area contributed by atoms with Crippen molar-refractivity contribution in [3.63, 3.8) is 0 Å². The summed E-state index contributed by atoms with van der Waals surface area (Å²) in [7, 11) is 1.17. The van der Waals surface area contributed by atoms with Gasteiger partial charge in [0.15, 0.2) is 0 Å². The van der Waals surface area contributed by atoms with Gasteiger partial charge < -0.3 is 0 Å². The molecule has 0 amide bonds. The van der Waals surface area contributed by atoms with Crippen LogP contribution >= 0.6 is 0 Å². The van der Waals surface area contributed by atoms with E-state index in [1.54, 1.807) is 0 Å². The van der Waals surface area contributed by atoms with Gasteiger partial charge in [-0.3, -0.25) is 0 Å². The predicted octanol–water partition coefficient (Wildman–Crippen LogP) is 3.35. The lowest BCUT2D eigenvalue weighted by atomic mass is 9.76. The first kappa shape index (κ1) is 14.0. The van der Waals surface area contributed by atoms with Gasteiger partial charge in [0, 0.05) is 10.2 Å². The summed E-state index contributed by atoms with van der Waals surface area (Å²) in [5, 5.41) is 1.53. The monoisotopic (exact) mass is 212 g/mol. The Morgan fingerprint density at radius 1 is 0.929 bits per heavy atom. The van der Waals surface area contributed by atoms with Crippen LogP contribution in [0.2, 0.25) is 0 Å². The van der Waals surface area contributed by atoms with Crippen LogP contribution in [-0.2, 0) is 0 Å². The van der Waals surface area contributed by atoms with Crippen molar-refractivity contribution >= 4 is 10.2 Å². The molecule has 14 heavy (non-hydrogen) atoms. The number of allylic oxidation sites excluding steroid dienone is 1. The fourth-order valence-electron chi connectivity index (χ4n) is 2.78. The van der Waals surface area contributed by atoms with E-state index in [2.05, 4.69) is 34.3 Å². The minimum Gasteiger partial charge on any atom is -0.104 e. The fraction of sp³-hybridized carbons (Fsp3) is 0.846. The molecular weight excluding hydrogens is 184 g/mol. The lowest BCUT2D eigenvalue weighted by Crippen LogP contribution is -2.24. The Balaban J connectivity index is 4.62. The SMILES string of the molecule is C=C([SiH3])C(C(CC)CC)C(CC)CC. The van der Waals surface area contributed by atoms with Gasteiger partial charge >= 0.3 is 0 Å². The number of rotatable bonds is 7. The second-order valence-electron chi connectivity index (χ2n) is 4.53. The largest absolute Gasteiger partial charge is 0.104 e. The first-order chi connectivity index (χ1) is 6.62. The van der Waals surface area contributed by atoms with Crippen molar-refractivity contribution < 1.29 is 0 Å². The molecule has 0 bridgehead atoms. The van der Waals surface area contributed by atoms with Gasteiger partial charge in [-0.25, -0.2) is 0 Å². The van der Waals surface area contributed by atoms with Gasteiger partial charge in [0.2, 0.25) is 0 Å². The minimum atomic E-state index is 0.812. The summed E-state index contributed by atoms with van der Waals surface area (Å²) in [6.07, 6.45) is 5.27. The summed E-state index contributed by atoms with van der Waals surface area (Å²) in [6, 6.07) is 0. The first-order valence-corrected chi connectivity index (χ1v) is 7.27. The second-order valence-corrected chi connectivity index (χ2v) is 5.81. The van der Waals surface area contributed by atoms with Gasteiger partial charge in [-0.15, -0.1) is 6.58 Å². The summed E-state index contributed by atoms with van der Waals surface area (Å²) in [4.78, 5) is 0.